The molecule has 1 nitrogen and oxygen atoms in total. The van der Waals surface area contributed by atoms with Gasteiger partial charge < -0.3 is 0 Å². The number of hydrogen-bond donors (Lipinski definition) is 0. The molecule has 0 fully saturated rings. The lowest BCUT2D eigenvalue weighted by molar-refractivity contribution is 0.0997. The smallest absolute Gasteiger partial charge is 0.177 e. The van der Waals surface area contributed by atoms with Gasteiger partial charge in [-0.2, -0.15) is 0 Å². The molecular weight excluding hydrogens is 343 g/mol. The molecule has 0 saturated heterocycles. The summed E-state index contributed by atoms with van der Waals surface area (Å²) in [4.78, 5) is 12.7. The van der Waals surface area contributed by atoms with Gasteiger partial charge in [-0.1, -0.05) is 29.3 Å². The van der Waals surface area contributed by atoms with Crippen molar-refractivity contribution in [2.75, 3.05) is 0 Å². The van der Waals surface area contributed by atoms with Crippen LogP contribution in [0.2, 0.25) is 10.0 Å². The number of hydrogen-bond acceptors (Lipinski definition) is 2. The molecular formula is C12H7BrCl2OS. The highest BCUT2D eigenvalue weighted by atomic mass is 79.9. The second-order valence-electron chi connectivity index (χ2n) is 3.44. The Balaban J connectivity index is 2.18. The van der Waals surface area contributed by atoms with Crippen molar-refractivity contribution in [1.82, 2.24) is 0 Å². The monoisotopic (exact) mass is 348 g/mol. The van der Waals surface area contributed by atoms with Gasteiger partial charge in [0.2, 0.25) is 0 Å². The minimum Gasteiger partial charge on any atom is -0.293 e. The van der Waals surface area contributed by atoms with E-state index in [9.17, 15) is 4.79 Å². The van der Waals surface area contributed by atoms with Gasteiger partial charge in [-0.05, 0) is 45.8 Å². The number of ketones is 1. The summed E-state index contributed by atoms with van der Waals surface area (Å²) >= 11 is 16.6. The van der Waals surface area contributed by atoms with Crippen LogP contribution in [-0.2, 0) is 6.42 Å². The van der Waals surface area contributed by atoms with Crippen molar-refractivity contribution < 1.29 is 4.79 Å². The van der Waals surface area contributed by atoms with Gasteiger partial charge in [-0.25, -0.2) is 0 Å². The maximum absolute atomic E-state index is 12.0. The zero-order valence-electron chi connectivity index (χ0n) is 8.54. The highest BCUT2D eigenvalue weighted by Gasteiger charge is 2.11. The molecule has 0 spiro atoms. The van der Waals surface area contributed by atoms with E-state index in [1.54, 1.807) is 24.3 Å². The second-order valence-corrected chi connectivity index (χ2v) is 6.75. The summed E-state index contributed by atoms with van der Waals surface area (Å²) in [6, 6.07) is 8.84. The summed E-state index contributed by atoms with van der Waals surface area (Å²) in [7, 11) is 0. The lowest BCUT2D eigenvalue weighted by atomic mass is 10.1. The molecule has 5 heteroatoms. The van der Waals surface area contributed by atoms with Crippen LogP contribution in [0, 0.1) is 0 Å². The minimum atomic E-state index is 0.0601. The van der Waals surface area contributed by atoms with Crippen LogP contribution in [0.1, 0.15) is 15.2 Å². The molecule has 0 aliphatic carbocycles. The number of thiophene rings is 1. The predicted octanol–water partition coefficient (Wildman–Crippen LogP) is 5.24. The van der Waals surface area contributed by atoms with E-state index >= 15 is 0 Å². The molecule has 0 atom stereocenters. The van der Waals surface area contributed by atoms with Crippen LogP contribution in [0.15, 0.2) is 34.1 Å². The first-order valence-corrected chi connectivity index (χ1v) is 7.15. The van der Waals surface area contributed by atoms with E-state index in [0.29, 0.717) is 16.5 Å². The molecule has 0 aliphatic heterocycles. The zero-order chi connectivity index (χ0) is 12.4. The fourth-order valence-corrected chi connectivity index (χ4v) is 3.19. The van der Waals surface area contributed by atoms with Gasteiger partial charge in [0.15, 0.2) is 5.78 Å². The van der Waals surface area contributed by atoms with E-state index in [-0.39, 0.29) is 5.78 Å². The molecule has 0 bridgehead atoms. The van der Waals surface area contributed by atoms with Gasteiger partial charge in [-0.15, -0.1) is 11.3 Å². The number of carbonyl (C=O) groups is 1. The Kier molecular flexibility index (Phi) is 4.26. The molecule has 0 saturated carbocycles. The zero-order valence-corrected chi connectivity index (χ0v) is 12.5. The van der Waals surface area contributed by atoms with E-state index in [1.165, 1.54) is 11.3 Å². The Hall–Kier alpha value is -0.350. The van der Waals surface area contributed by atoms with Crippen LogP contribution >= 0.6 is 50.5 Å². The molecule has 0 aliphatic rings. The fourth-order valence-electron chi connectivity index (χ4n) is 1.39. The minimum absolute atomic E-state index is 0.0601. The van der Waals surface area contributed by atoms with Gasteiger partial charge in [-0.3, -0.25) is 4.79 Å². The van der Waals surface area contributed by atoms with Crippen LogP contribution in [0.4, 0.5) is 0 Å². The topological polar surface area (TPSA) is 17.1 Å². The first kappa shape index (κ1) is 13.1. The van der Waals surface area contributed by atoms with E-state index in [0.717, 1.165) is 14.2 Å². The quantitative estimate of drug-likeness (QED) is 0.692. The van der Waals surface area contributed by atoms with E-state index in [2.05, 4.69) is 15.9 Å². The van der Waals surface area contributed by atoms with Crippen LogP contribution in [0.3, 0.4) is 0 Å². The lowest BCUT2D eigenvalue weighted by Gasteiger charge is -2.02. The Morgan fingerprint density at radius 3 is 2.59 bits per heavy atom. The van der Waals surface area contributed by atoms with E-state index in [1.807, 2.05) is 6.07 Å². The third-order valence-electron chi connectivity index (χ3n) is 2.21. The van der Waals surface area contributed by atoms with Crippen molar-refractivity contribution >= 4 is 56.3 Å². The molecule has 2 aromatic rings. The Bertz CT molecular complexity index is 565. The molecule has 88 valence electrons. The number of carbonyl (C=O) groups excluding carboxylic acids is 1. The molecule has 1 aromatic carbocycles. The summed E-state index contributed by atoms with van der Waals surface area (Å²) in [6.45, 7) is 0. The van der Waals surface area contributed by atoms with Gasteiger partial charge in [0.05, 0.1) is 8.66 Å². The normalized spacial score (nSPS) is 10.5. The van der Waals surface area contributed by atoms with Crippen LogP contribution < -0.4 is 0 Å². The van der Waals surface area contributed by atoms with Crippen LogP contribution in [0.5, 0.6) is 0 Å². The van der Waals surface area contributed by atoms with Gasteiger partial charge in [0.25, 0.3) is 0 Å². The van der Waals surface area contributed by atoms with Crippen molar-refractivity contribution in [2.45, 2.75) is 6.42 Å². The molecule has 0 N–H and O–H groups in total. The van der Waals surface area contributed by atoms with Crippen LogP contribution in [-0.4, -0.2) is 5.78 Å². The number of Topliss-reactive ketones (excluding diaryl/α,β-unsaturated/α-hetero) is 1. The largest absolute Gasteiger partial charge is 0.293 e. The highest BCUT2D eigenvalue weighted by Crippen LogP contribution is 2.26. The summed E-state index contributed by atoms with van der Waals surface area (Å²) in [5, 5.41) is 1.10. The average Bonchev–Trinajstić information content (AvgIpc) is 2.69. The molecule has 0 radical (unpaired) electrons. The third kappa shape index (κ3) is 3.32. The number of benzene rings is 1. The van der Waals surface area contributed by atoms with Gasteiger partial charge >= 0.3 is 0 Å². The maximum Gasteiger partial charge on any atom is 0.177 e. The van der Waals surface area contributed by atoms with Crippen molar-refractivity contribution in [3.8, 4) is 0 Å². The van der Waals surface area contributed by atoms with Crippen molar-refractivity contribution in [1.29, 1.82) is 0 Å². The molecule has 2 rings (SSSR count). The van der Waals surface area contributed by atoms with E-state index in [4.69, 9.17) is 23.2 Å². The summed E-state index contributed by atoms with van der Waals surface area (Å²) in [6.07, 6.45) is 0.295. The average molecular weight is 350 g/mol. The van der Waals surface area contributed by atoms with Crippen molar-refractivity contribution in [3.05, 3.63) is 54.6 Å². The van der Waals surface area contributed by atoms with Crippen molar-refractivity contribution in [3.63, 3.8) is 0 Å². The summed E-state index contributed by atoms with van der Waals surface area (Å²) < 4.78 is 0.947. The summed E-state index contributed by atoms with van der Waals surface area (Å²) in [5.74, 6) is 0.0601. The highest BCUT2D eigenvalue weighted by molar-refractivity contribution is 9.11. The van der Waals surface area contributed by atoms with Gasteiger partial charge in [0.1, 0.15) is 0 Å². The van der Waals surface area contributed by atoms with E-state index < -0.39 is 0 Å². The molecule has 17 heavy (non-hydrogen) atoms. The maximum atomic E-state index is 12.0. The number of halogens is 3. The first-order valence-electron chi connectivity index (χ1n) is 4.79. The first-order chi connectivity index (χ1) is 8.06. The summed E-state index contributed by atoms with van der Waals surface area (Å²) in [5.41, 5.74) is 0.797. The van der Waals surface area contributed by atoms with Gasteiger partial charge in [0, 0.05) is 16.5 Å². The second kappa shape index (κ2) is 5.53. The molecule has 1 aromatic heterocycles. The number of rotatable bonds is 3. The molecule has 0 unspecified atom stereocenters. The SMILES string of the molecule is O=C(Cc1ccc(Cl)cc1Cl)c1ccc(Br)s1. The molecule has 1 heterocycles. The fraction of sp³-hybridized carbons (Fsp3) is 0.0833. The van der Waals surface area contributed by atoms with Crippen LogP contribution in [0.25, 0.3) is 0 Å². The van der Waals surface area contributed by atoms with Crippen molar-refractivity contribution in [2.24, 2.45) is 0 Å². The Morgan fingerprint density at radius 2 is 2.00 bits per heavy atom. The third-order valence-corrected chi connectivity index (χ3v) is 4.47. The lowest BCUT2D eigenvalue weighted by Crippen LogP contribution is -2.01. The molecule has 0 amide bonds. The Morgan fingerprint density at radius 1 is 1.24 bits per heavy atom. The Labute approximate surface area is 121 Å². The predicted molar refractivity (Wildman–Crippen MR) is 76.5 cm³/mol. The standard InChI is InChI=1S/C12H7BrCl2OS/c13-12-4-3-11(17-12)10(16)5-7-1-2-8(14)6-9(7)15/h1-4,6H,5H2.